The van der Waals surface area contributed by atoms with E-state index in [1.807, 2.05) is 0 Å². The van der Waals surface area contributed by atoms with Crippen LogP contribution in [0.2, 0.25) is 0 Å². The second kappa shape index (κ2) is 8.13. The van der Waals surface area contributed by atoms with Crippen LogP contribution in [0.5, 0.6) is 0 Å². The Hall–Kier alpha value is -1.12. The van der Waals surface area contributed by atoms with E-state index < -0.39 is 5.41 Å². The number of nitriles is 1. The van der Waals surface area contributed by atoms with Crippen LogP contribution in [-0.4, -0.2) is 50.2 Å². The standard InChI is InChI=1S/C14H25N3O2/c1-3-8-17(4-2)9-7-16-13(18)14(12-15)5-10-19-11-6-14/h3-11H2,1-2H3,(H,16,18). The molecule has 5 heteroatoms. The van der Waals surface area contributed by atoms with Crippen LogP contribution in [0.15, 0.2) is 0 Å². The summed E-state index contributed by atoms with van der Waals surface area (Å²) < 4.78 is 5.23. The molecule has 0 spiro atoms. The van der Waals surface area contributed by atoms with Crippen LogP contribution >= 0.6 is 0 Å². The number of ether oxygens (including phenoxy) is 1. The first-order valence-electron chi connectivity index (χ1n) is 7.18. The summed E-state index contributed by atoms with van der Waals surface area (Å²) in [5.41, 5.74) is -0.875. The van der Waals surface area contributed by atoms with Crippen molar-refractivity contribution in [3.05, 3.63) is 0 Å². The predicted molar refractivity (Wildman–Crippen MR) is 73.5 cm³/mol. The van der Waals surface area contributed by atoms with Gasteiger partial charge in [-0.25, -0.2) is 0 Å². The van der Waals surface area contributed by atoms with Gasteiger partial charge < -0.3 is 15.0 Å². The first kappa shape index (κ1) is 15.9. The molecule has 0 atom stereocenters. The van der Waals surface area contributed by atoms with Crippen LogP contribution in [-0.2, 0) is 9.53 Å². The summed E-state index contributed by atoms with van der Waals surface area (Å²) in [4.78, 5) is 14.5. The Kier molecular flexibility index (Phi) is 6.82. The molecular formula is C14H25N3O2. The quantitative estimate of drug-likeness (QED) is 0.751. The molecule has 0 unspecified atom stereocenters. The van der Waals surface area contributed by atoms with E-state index in [1.165, 1.54) is 0 Å². The van der Waals surface area contributed by atoms with Crippen LogP contribution in [0, 0.1) is 16.7 Å². The first-order chi connectivity index (χ1) is 9.18. The molecule has 1 aliphatic rings. The highest BCUT2D eigenvalue weighted by molar-refractivity contribution is 5.85. The number of carbonyl (C=O) groups excluding carboxylic acids is 1. The van der Waals surface area contributed by atoms with Gasteiger partial charge in [0.15, 0.2) is 0 Å². The highest BCUT2D eigenvalue weighted by atomic mass is 16.5. The topological polar surface area (TPSA) is 65.4 Å². The summed E-state index contributed by atoms with van der Waals surface area (Å²) in [6.45, 7) is 8.74. The van der Waals surface area contributed by atoms with Crippen LogP contribution in [0.25, 0.3) is 0 Å². The molecule has 0 aromatic rings. The minimum Gasteiger partial charge on any atom is -0.381 e. The zero-order chi connectivity index (χ0) is 14.1. The minimum atomic E-state index is -0.875. The fourth-order valence-corrected chi connectivity index (χ4v) is 2.35. The third kappa shape index (κ3) is 4.48. The molecule has 0 bridgehead atoms. The van der Waals surface area contributed by atoms with Gasteiger partial charge in [-0.15, -0.1) is 0 Å². The van der Waals surface area contributed by atoms with E-state index in [-0.39, 0.29) is 5.91 Å². The SMILES string of the molecule is CCCN(CC)CCNC(=O)C1(C#N)CCOCC1. The summed E-state index contributed by atoms with van der Waals surface area (Å²) >= 11 is 0. The van der Waals surface area contributed by atoms with Crippen molar-refractivity contribution >= 4 is 5.91 Å². The van der Waals surface area contributed by atoms with Crippen molar-refractivity contribution in [3.63, 3.8) is 0 Å². The average molecular weight is 267 g/mol. The average Bonchev–Trinajstić information content (AvgIpc) is 2.46. The van der Waals surface area contributed by atoms with Crippen molar-refractivity contribution < 1.29 is 9.53 Å². The van der Waals surface area contributed by atoms with Gasteiger partial charge in [0.1, 0.15) is 5.41 Å². The number of likely N-dealkylation sites (N-methyl/N-ethyl adjacent to an activating group) is 1. The van der Waals surface area contributed by atoms with Crippen molar-refractivity contribution in [1.29, 1.82) is 5.26 Å². The highest BCUT2D eigenvalue weighted by Gasteiger charge is 2.40. The molecule has 1 N–H and O–H groups in total. The molecular weight excluding hydrogens is 242 g/mol. The van der Waals surface area contributed by atoms with Gasteiger partial charge in [0.25, 0.3) is 0 Å². The number of carbonyl (C=O) groups is 1. The lowest BCUT2D eigenvalue weighted by Gasteiger charge is -2.29. The van der Waals surface area contributed by atoms with Gasteiger partial charge in [0.2, 0.25) is 5.91 Å². The minimum absolute atomic E-state index is 0.133. The van der Waals surface area contributed by atoms with E-state index >= 15 is 0 Å². The summed E-state index contributed by atoms with van der Waals surface area (Å²) in [5.74, 6) is -0.133. The Labute approximate surface area is 115 Å². The molecule has 108 valence electrons. The highest BCUT2D eigenvalue weighted by Crippen LogP contribution is 2.29. The van der Waals surface area contributed by atoms with E-state index in [9.17, 15) is 10.1 Å². The fraction of sp³-hybridized carbons (Fsp3) is 0.857. The van der Waals surface area contributed by atoms with Crippen LogP contribution in [0.1, 0.15) is 33.1 Å². The molecule has 1 heterocycles. The maximum Gasteiger partial charge on any atom is 0.240 e. The van der Waals surface area contributed by atoms with Gasteiger partial charge >= 0.3 is 0 Å². The molecule has 0 radical (unpaired) electrons. The third-order valence-corrected chi connectivity index (χ3v) is 3.70. The second-order valence-corrected chi connectivity index (χ2v) is 5.00. The molecule has 0 aromatic carbocycles. The zero-order valence-electron chi connectivity index (χ0n) is 12.1. The lowest BCUT2D eigenvalue weighted by Crippen LogP contribution is -2.46. The van der Waals surface area contributed by atoms with Crippen molar-refractivity contribution in [2.24, 2.45) is 5.41 Å². The van der Waals surface area contributed by atoms with Crippen LogP contribution in [0.4, 0.5) is 0 Å². The third-order valence-electron chi connectivity index (χ3n) is 3.70. The van der Waals surface area contributed by atoms with Crippen molar-refractivity contribution in [2.45, 2.75) is 33.1 Å². The summed E-state index contributed by atoms with van der Waals surface area (Å²) in [6, 6.07) is 2.19. The number of rotatable bonds is 7. The van der Waals surface area contributed by atoms with Gasteiger partial charge in [-0.05, 0) is 32.4 Å². The van der Waals surface area contributed by atoms with E-state index in [1.54, 1.807) is 0 Å². The molecule has 5 nitrogen and oxygen atoms in total. The molecule has 0 aliphatic carbocycles. The number of hydrogen-bond acceptors (Lipinski definition) is 4. The molecule has 1 aliphatic heterocycles. The lowest BCUT2D eigenvalue weighted by molar-refractivity contribution is -0.132. The number of hydrogen-bond donors (Lipinski definition) is 1. The van der Waals surface area contributed by atoms with Crippen molar-refractivity contribution in [1.82, 2.24) is 10.2 Å². The maximum atomic E-state index is 12.2. The number of amides is 1. The normalized spacial score (nSPS) is 18.0. The summed E-state index contributed by atoms with van der Waals surface area (Å²) in [5, 5.41) is 12.2. The van der Waals surface area contributed by atoms with Crippen molar-refractivity contribution in [2.75, 3.05) is 39.4 Å². The van der Waals surface area contributed by atoms with Gasteiger partial charge in [-0.1, -0.05) is 13.8 Å². The fourth-order valence-electron chi connectivity index (χ4n) is 2.35. The Morgan fingerprint density at radius 3 is 2.58 bits per heavy atom. The number of nitrogens with zero attached hydrogens (tertiary/aromatic N) is 2. The molecule has 1 fully saturated rings. The van der Waals surface area contributed by atoms with Gasteiger partial charge in [-0.3, -0.25) is 4.79 Å². The largest absolute Gasteiger partial charge is 0.381 e. The molecule has 0 saturated carbocycles. The van der Waals surface area contributed by atoms with Crippen LogP contribution in [0.3, 0.4) is 0 Å². The summed E-state index contributed by atoms with van der Waals surface area (Å²) in [6.07, 6.45) is 2.12. The number of nitrogens with one attached hydrogen (secondary N) is 1. The maximum absolute atomic E-state index is 12.2. The Morgan fingerprint density at radius 2 is 2.05 bits per heavy atom. The van der Waals surface area contributed by atoms with E-state index in [0.717, 1.165) is 26.1 Å². The Bertz CT molecular complexity index is 319. The molecule has 1 amide bonds. The Morgan fingerprint density at radius 1 is 1.37 bits per heavy atom. The van der Waals surface area contributed by atoms with E-state index in [4.69, 9.17) is 4.74 Å². The van der Waals surface area contributed by atoms with E-state index in [0.29, 0.717) is 32.6 Å². The van der Waals surface area contributed by atoms with Gasteiger partial charge in [0.05, 0.1) is 6.07 Å². The molecule has 1 rings (SSSR count). The van der Waals surface area contributed by atoms with E-state index in [2.05, 4.69) is 30.1 Å². The van der Waals surface area contributed by atoms with Crippen LogP contribution < -0.4 is 5.32 Å². The molecule has 0 aromatic heterocycles. The second-order valence-electron chi connectivity index (χ2n) is 5.00. The monoisotopic (exact) mass is 267 g/mol. The molecule has 1 saturated heterocycles. The smallest absolute Gasteiger partial charge is 0.240 e. The van der Waals surface area contributed by atoms with Crippen molar-refractivity contribution in [3.8, 4) is 6.07 Å². The summed E-state index contributed by atoms with van der Waals surface area (Å²) in [7, 11) is 0. The lowest BCUT2D eigenvalue weighted by atomic mass is 9.81. The predicted octanol–water partition coefficient (Wildman–Crippen LogP) is 1.15. The Balaban J connectivity index is 2.39. The zero-order valence-corrected chi connectivity index (χ0v) is 12.1. The molecule has 19 heavy (non-hydrogen) atoms. The van der Waals surface area contributed by atoms with Gasteiger partial charge in [-0.2, -0.15) is 5.26 Å². The van der Waals surface area contributed by atoms with Gasteiger partial charge in [0, 0.05) is 26.3 Å². The first-order valence-corrected chi connectivity index (χ1v) is 7.18.